The third-order valence-corrected chi connectivity index (χ3v) is 4.43. The number of carboxylic acid groups (broad SMARTS) is 1. The van der Waals surface area contributed by atoms with Crippen LogP contribution in [0.25, 0.3) is 0 Å². The van der Waals surface area contributed by atoms with Gasteiger partial charge in [0.2, 0.25) is 0 Å². The first-order valence-corrected chi connectivity index (χ1v) is 7.64. The second-order valence-electron chi connectivity index (χ2n) is 6.13. The van der Waals surface area contributed by atoms with Crippen molar-refractivity contribution in [2.75, 3.05) is 6.54 Å². The summed E-state index contributed by atoms with van der Waals surface area (Å²) in [5, 5.41) is 9.54. The van der Waals surface area contributed by atoms with Gasteiger partial charge in [0.1, 0.15) is 0 Å². The number of hydrogen-bond donors (Lipinski definition) is 2. The van der Waals surface area contributed by atoms with Gasteiger partial charge in [0, 0.05) is 6.54 Å². The average molecular weight is 275 g/mol. The minimum absolute atomic E-state index is 0.268. The normalized spacial score (nSPS) is 17.6. The summed E-state index contributed by atoms with van der Waals surface area (Å²) in [7, 11) is 0. The standard InChI is InChI=1S/C17H25NO2/c18-13-17(16(19)20,12-15-9-10-15)11-5-4-8-14-6-2-1-3-7-14/h1-3,6-7,15H,4-5,8-13,18H2,(H,19,20). The largest absolute Gasteiger partial charge is 0.481 e. The zero-order valence-corrected chi connectivity index (χ0v) is 12.1. The van der Waals surface area contributed by atoms with E-state index in [1.165, 1.54) is 18.4 Å². The zero-order valence-electron chi connectivity index (χ0n) is 12.1. The molecule has 1 aliphatic carbocycles. The van der Waals surface area contributed by atoms with E-state index in [-0.39, 0.29) is 6.54 Å². The first kappa shape index (κ1) is 15.0. The second kappa shape index (κ2) is 6.89. The lowest BCUT2D eigenvalue weighted by Gasteiger charge is -2.28. The van der Waals surface area contributed by atoms with Gasteiger partial charge >= 0.3 is 5.97 Å². The van der Waals surface area contributed by atoms with Crippen LogP contribution in [0, 0.1) is 11.3 Å². The summed E-state index contributed by atoms with van der Waals surface area (Å²) < 4.78 is 0. The molecule has 1 aromatic carbocycles. The van der Waals surface area contributed by atoms with E-state index in [4.69, 9.17) is 5.73 Å². The van der Waals surface area contributed by atoms with Crippen molar-refractivity contribution in [2.24, 2.45) is 17.1 Å². The number of hydrogen-bond acceptors (Lipinski definition) is 2. The smallest absolute Gasteiger partial charge is 0.310 e. The highest BCUT2D eigenvalue weighted by molar-refractivity contribution is 5.75. The van der Waals surface area contributed by atoms with Gasteiger partial charge in [-0.2, -0.15) is 0 Å². The monoisotopic (exact) mass is 275 g/mol. The van der Waals surface area contributed by atoms with Gasteiger partial charge in [-0.3, -0.25) is 4.79 Å². The third-order valence-electron chi connectivity index (χ3n) is 4.43. The quantitative estimate of drug-likeness (QED) is 0.680. The van der Waals surface area contributed by atoms with Crippen LogP contribution in [0.4, 0.5) is 0 Å². The topological polar surface area (TPSA) is 63.3 Å². The molecule has 0 radical (unpaired) electrons. The van der Waals surface area contributed by atoms with Gasteiger partial charge < -0.3 is 10.8 Å². The van der Waals surface area contributed by atoms with Crippen molar-refractivity contribution in [3.8, 4) is 0 Å². The van der Waals surface area contributed by atoms with Crippen LogP contribution < -0.4 is 5.73 Å². The van der Waals surface area contributed by atoms with Crippen LogP contribution in [0.5, 0.6) is 0 Å². The lowest BCUT2D eigenvalue weighted by atomic mass is 9.78. The molecule has 1 aliphatic rings. The highest BCUT2D eigenvalue weighted by atomic mass is 16.4. The summed E-state index contributed by atoms with van der Waals surface area (Å²) in [5.74, 6) is -0.101. The number of nitrogens with two attached hydrogens (primary N) is 1. The number of unbranched alkanes of at least 4 members (excludes halogenated alkanes) is 1. The van der Waals surface area contributed by atoms with Gasteiger partial charge in [0.15, 0.2) is 0 Å². The molecule has 0 amide bonds. The maximum atomic E-state index is 11.6. The van der Waals surface area contributed by atoms with Gasteiger partial charge in [-0.1, -0.05) is 49.6 Å². The van der Waals surface area contributed by atoms with E-state index in [1.54, 1.807) is 0 Å². The number of carboxylic acids is 1. The number of benzene rings is 1. The summed E-state index contributed by atoms with van der Waals surface area (Å²) in [6, 6.07) is 10.4. The van der Waals surface area contributed by atoms with Crippen LogP contribution in [-0.2, 0) is 11.2 Å². The van der Waals surface area contributed by atoms with Crippen LogP contribution in [0.3, 0.4) is 0 Å². The molecule has 1 unspecified atom stereocenters. The molecule has 1 atom stereocenters. The minimum Gasteiger partial charge on any atom is -0.481 e. The summed E-state index contributed by atoms with van der Waals surface area (Å²) in [4.78, 5) is 11.6. The van der Waals surface area contributed by atoms with Crippen molar-refractivity contribution < 1.29 is 9.90 Å². The third kappa shape index (κ3) is 4.07. The molecule has 0 bridgehead atoms. The number of aliphatic carboxylic acids is 1. The Balaban J connectivity index is 1.80. The molecule has 1 aromatic rings. The van der Waals surface area contributed by atoms with Gasteiger partial charge in [0.05, 0.1) is 5.41 Å². The summed E-state index contributed by atoms with van der Waals surface area (Å²) >= 11 is 0. The summed E-state index contributed by atoms with van der Waals surface area (Å²) in [6.07, 6.45) is 6.82. The van der Waals surface area contributed by atoms with E-state index in [0.29, 0.717) is 12.3 Å². The van der Waals surface area contributed by atoms with Crippen molar-refractivity contribution in [1.82, 2.24) is 0 Å². The fourth-order valence-corrected chi connectivity index (χ4v) is 2.88. The molecule has 20 heavy (non-hydrogen) atoms. The molecular formula is C17H25NO2. The Labute approximate surface area is 121 Å². The fourth-order valence-electron chi connectivity index (χ4n) is 2.88. The molecule has 2 rings (SSSR count). The van der Waals surface area contributed by atoms with E-state index in [0.717, 1.165) is 25.7 Å². The highest BCUT2D eigenvalue weighted by Crippen LogP contribution is 2.42. The SMILES string of the molecule is NCC(CCCCc1ccccc1)(CC1CC1)C(=O)O. The van der Waals surface area contributed by atoms with Gasteiger partial charge in [-0.05, 0) is 37.2 Å². The van der Waals surface area contributed by atoms with Crippen molar-refractivity contribution in [3.63, 3.8) is 0 Å². The molecule has 1 fully saturated rings. The van der Waals surface area contributed by atoms with E-state index in [2.05, 4.69) is 12.1 Å². The van der Waals surface area contributed by atoms with E-state index >= 15 is 0 Å². The van der Waals surface area contributed by atoms with Crippen molar-refractivity contribution in [3.05, 3.63) is 35.9 Å². The number of carbonyl (C=O) groups is 1. The molecule has 0 aliphatic heterocycles. The Morgan fingerprint density at radius 1 is 1.25 bits per heavy atom. The molecular weight excluding hydrogens is 250 g/mol. The van der Waals surface area contributed by atoms with Crippen molar-refractivity contribution in [2.45, 2.75) is 44.9 Å². The molecule has 0 aromatic heterocycles. The maximum absolute atomic E-state index is 11.6. The Bertz CT molecular complexity index is 428. The highest BCUT2D eigenvalue weighted by Gasteiger charge is 2.41. The van der Waals surface area contributed by atoms with Gasteiger partial charge in [0.25, 0.3) is 0 Å². The first-order chi connectivity index (χ1) is 9.66. The molecule has 0 heterocycles. The van der Waals surface area contributed by atoms with E-state index in [9.17, 15) is 9.90 Å². The Kier molecular flexibility index (Phi) is 5.18. The molecule has 0 spiro atoms. The Morgan fingerprint density at radius 2 is 1.95 bits per heavy atom. The summed E-state index contributed by atoms with van der Waals surface area (Å²) in [5.41, 5.74) is 6.44. The van der Waals surface area contributed by atoms with Crippen LogP contribution >= 0.6 is 0 Å². The van der Waals surface area contributed by atoms with Crippen LogP contribution in [0.15, 0.2) is 30.3 Å². The molecule has 3 heteroatoms. The number of rotatable bonds is 9. The average Bonchev–Trinajstić information content (AvgIpc) is 3.27. The summed E-state index contributed by atoms with van der Waals surface area (Å²) in [6.45, 7) is 0.268. The lowest BCUT2D eigenvalue weighted by Crippen LogP contribution is -2.39. The molecule has 0 saturated heterocycles. The molecule has 1 saturated carbocycles. The van der Waals surface area contributed by atoms with Crippen molar-refractivity contribution >= 4 is 5.97 Å². The molecule has 3 N–H and O–H groups in total. The molecule has 110 valence electrons. The maximum Gasteiger partial charge on any atom is 0.310 e. The lowest BCUT2D eigenvalue weighted by molar-refractivity contribution is -0.149. The Hall–Kier alpha value is -1.35. The van der Waals surface area contributed by atoms with Crippen molar-refractivity contribution in [1.29, 1.82) is 0 Å². The van der Waals surface area contributed by atoms with Crippen LogP contribution in [0.2, 0.25) is 0 Å². The fraction of sp³-hybridized carbons (Fsp3) is 0.588. The van der Waals surface area contributed by atoms with Gasteiger partial charge in [-0.15, -0.1) is 0 Å². The molecule has 3 nitrogen and oxygen atoms in total. The second-order valence-corrected chi connectivity index (χ2v) is 6.13. The number of aryl methyl sites for hydroxylation is 1. The first-order valence-electron chi connectivity index (χ1n) is 7.64. The van der Waals surface area contributed by atoms with Crippen LogP contribution in [-0.4, -0.2) is 17.6 Å². The minimum atomic E-state index is -0.702. The van der Waals surface area contributed by atoms with Gasteiger partial charge in [-0.25, -0.2) is 0 Å². The Morgan fingerprint density at radius 3 is 2.50 bits per heavy atom. The zero-order chi connectivity index (χ0) is 14.4. The predicted octanol–water partition coefficient (Wildman–Crippen LogP) is 3.23. The van der Waals surface area contributed by atoms with E-state index < -0.39 is 11.4 Å². The van der Waals surface area contributed by atoms with Crippen LogP contribution in [0.1, 0.15) is 44.1 Å². The van der Waals surface area contributed by atoms with E-state index in [1.807, 2.05) is 18.2 Å². The predicted molar refractivity (Wildman–Crippen MR) is 80.5 cm³/mol.